The van der Waals surface area contributed by atoms with E-state index < -0.39 is 6.35 Å². The van der Waals surface area contributed by atoms with Gasteiger partial charge in [0.25, 0.3) is 0 Å². The molecule has 1 aliphatic heterocycles. The molecule has 0 aromatic heterocycles. The van der Waals surface area contributed by atoms with E-state index in [1.807, 2.05) is 9.80 Å². The molecule has 2 aromatic rings. The number of halogens is 6. The standard InChI is InChI=1S/C16H12Cl6N2O/c1-25-16-23(14-10(19)4-8(17)5-11(14)20)2-3-24(16)15-12(21)6-9(18)7-13(15)22/h4-7,16H,2-3H2,1H3. The van der Waals surface area contributed by atoms with Gasteiger partial charge in [-0.1, -0.05) is 69.6 Å². The Balaban J connectivity index is 2.03. The molecule has 9 heteroatoms. The molecule has 1 saturated heterocycles. The van der Waals surface area contributed by atoms with Gasteiger partial charge in [-0.15, -0.1) is 0 Å². The molecule has 25 heavy (non-hydrogen) atoms. The van der Waals surface area contributed by atoms with E-state index in [0.29, 0.717) is 54.6 Å². The fraction of sp³-hybridized carbons (Fsp3) is 0.250. The molecule has 1 fully saturated rings. The van der Waals surface area contributed by atoms with Gasteiger partial charge in [0, 0.05) is 30.2 Å². The zero-order chi connectivity index (χ0) is 18.3. The van der Waals surface area contributed by atoms with Gasteiger partial charge in [0.05, 0.1) is 31.5 Å². The average Bonchev–Trinajstić information content (AvgIpc) is 2.88. The van der Waals surface area contributed by atoms with Crippen molar-refractivity contribution in [1.29, 1.82) is 0 Å². The summed E-state index contributed by atoms with van der Waals surface area (Å²) in [4.78, 5) is 3.87. The van der Waals surface area contributed by atoms with Gasteiger partial charge in [0.2, 0.25) is 6.35 Å². The second kappa shape index (κ2) is 7.77. The molecule has 0 atom stereocenters. The monoisotopic (exact) mass is 458 g/mol. The summed E-state index contributed by atoms with van der Waals surface area (Å²) in [5, 5.41) is 2.69. The first-order valence-corrected chi connectivity index (χ1v) is 9.45. The molecular formula is C16H12Cl6N2O. The minimum atomic E-state index is -0.493. The number of hydrogen-bond donors (Lipinski definition) is 0. The zero-order valence-electron chi connectivity index (χ0n) is 12.9. The van der Waals surface area contributed by atoms with Crippen molar-refractivity contribution in [3.63, 3.8) is 0 Å². The summed E-state index contributed by atoms with van der Waals surface area (Å²) in [6, 6.07) is 6.56. The number of hydrogen-bond acceptors (Lipinski definition) is 3. The predicted octanol–water partition coefficient (Wildman–Crippen LogP) is 6.86. The van der Waals surface area contributed by atoms with Gasteiger partial charge in [0.1, 0.15) is 0 Å². The van der Waals surface area contributed by atoms with Crippen LogP contribution in [-0.4, -0.2) is 26.6 Å². The maximum absolute atomic E-state index is 6.36. The molecule has 0 saturated carbocycles. The highest BCUT2D eigenvalue weighted by molar-refractivity contribution is 6.42. The van der Waals surface area contributed by atoms with E-state index in [1.165, 1.54) is 0 Å². The fourth-order valence-electron chi connectivity index (χ4n) is 2.92. The smallest absolute Gasteiger partial charge is 0.210 e. The number of nitrogens with zero attached hydrogens (tertiary/aromatic N) is 2. The molecule has 0 amide bonds. The van der Waals surface area contributed by atoms with Gasteiger partial charge in [0.15, 0.2) is 0 Å². The Hall–Kier alpha value is -0.260. The Morgan fingerprint density at radius 1 is 0.720 bits per heavy atom. The largest absolute Gasteiger partial charge is 0.344 e. The van der Waals surface area contributed by atoms with Gasteiger partial charge in [-0.25, -0.2) is 0 Å². The van der Waals surface area contributed by atoms with Crippen molar-refractivity contribution in [3.05, 3.63) is 54.4 Å². The Morgan fingerprint density at radius 2 is 1.04 bits per heavy atom. The summed E-state index contributed by atoms with van der Waals surface area (Å²) < 4.78 is 5.68. The van der Waals surface area contributed by atoms with Crippen LogP contribution in [0.1, 0.15) is 0 Å². The predicted molar refractivity (Wildman–Crippen MR) is 108 cm³/mol. The lowest BCUT2D eigenvalue weighted by Gasteiger charge is -2.33. The van der Waals surface area contributed by atoms with E-state index >= 15 is 0 Å². The van der Waals surface area contributed by atoms with Crippen LogP contribution in [0.15, 0.2) is 24.3 Å². The van der Waals surface area contributed by atoms with Crippen LogP contribution in [0, 0.1) is 0 Å². The lowest BCUT2D eigenvalue weighted by atomic mass is 10.3. The summed E-state index contributed by atoms with van der Waals surface area (Å²) in [7, 11) is 1.59. The molecule has 0 spiro atoms. The number of benzene rings is 2. The number of methoxy groups -OCH3 is 1. The van der Waals surface area contributed by atoms with Crippen molar-refractivity contribution in [2.24, 2.45) is 0 Å². The van der Waals surface area contributed by atoms with Crippen LogP contribution >= 0.6 is 69.6 Å². The van der Waals surface area contributed by atoms with E-state index in [0.717, 1.165) is 0 Å². The molecule has 1 aliphatic rings. The third-order valence-corrected chi connectivity index (χ3v) is 5.45. The molecule has 0 bridgehead atoms. The molecule has 3 nitrogen and oxygen atoms in total. The summed E-state index contributed by atoms with van der Waals surface area (Å²) in [5.41, 5.74) is 1.28. The van der Waals surface area contributed by atoms with Crippen molar-refractivity contribution in [1.82, 2.24) is 0 Å². The Labute approximate surface area is 175 Å². The molecule has 0 unspecified atom stereocenters. The summed E-state index contributed by atoms with van der Waals surface area (Å²) in [5.74, 6) is 0. The summed E-state index contributed by atoms with van der Waals surface area (Å²) in [6.07, 6.45) is -0.493. The SMILES string of the molecule is COC1N(c2c(Cl)cc(Cl)cc2Cl)CCN1c1c(Cl)cc(Cl)cc1Cl. The molecule has 3 rings (SSSR count). The van der Waals surface area contributed by atoms with Crippen LogP contribution in [0.3, 0.4) is 0 Å². The van der Waals surface area contributed by atoms with Gasteiger partial charge in [-0.05, 0) is 24.3 Å². The van der Waals surface area contributed by atoms with Crippen LogP contribution < -0.4 is 9.80 Å². The minimum absolute atomic E-state index is 0.440. The highest BCUT2D eigenvalue weighted by Gasteiger charge is 2.36. The molecule has 0 aliphatic carbocycles. The van der Waals surface area contributed by atoms with Crippen molar-refractivity contribution in [2.45, 2.75) is 6.35 Å². The number of ether oxygens (including phenoxy) is 1. The van der Waals surface area contributed by atoms with Crippen molar-refractivity contribution >= 4 is 81.0 Å². The molecule has 1 heterocycles. The Kier molecular flexibility index (Phi) is 6.06. The van der Waals surface area contributed by atoms with Gasteiger partial charge in [-0.3, -0.25) is 0 Å². The van der Waals surface area contributed by atoms with Gasteiger partial charge < -0.3 is 14.5 Å². The number of rotatable bonds is 3. The first-order valence-electron chi connectivity index (χ1n) is 7.18. The Morgan fingerprint density at radius 3 is 1.32 bits per heavy atom. The summed E-state index contributed by atoms with van der Waals surface area (Å²) in [6.45, 7) is 1.21. The van der Waals surface area contributed by atoms with E-state index in [-0.39, 0.29) is 0 Å². The van der Waals surface area contributed by atoms with Crippen molar-refractivity contribution in [3.8, 4) is 0 Å². The maximum atomic E-state index is 6.36. The third kappa shape index (κ3) is 3.74. The fourth-order valence-corrected chi connectivity index (χ4v) is 4.99. The highest BCUT2D eigenvalue weighted by Crippen LogP contribution is 2.43. The van der Waals surface area contributed by atoms with E-state index in [1.54, 1.807) is 31.4 Å². The van der Waals surface area contributed by atoms with Gasteiger partial charge >= 0.3 is 0 Å². The van der Waals surface area contributed by atoms with Crippen molar-refractivity contribution < 1.29 is 4.74 Å². The lowest BCUT2D eigenvalue weighted by Crippen LogP contribution is -2.41. The average molecular weight is 461 g/mol. The number of anilines is 2. The van der Waals surface area contributed by atoms with Crippen LogP contribution in [0.5, 0.6) is 0 Å². The van der Waals surface area contributed by atoms with Crippen LogP contribution in [0.25, 0.3) is 0 Å². The highest BCUT2D eigenvalue weighted by atomic mass is 35.5. The van der Waals surface area contributed by atoms with E-state index in [4.69, 9.17) is 74.3 Å². The van der Waals surface area contributed by atoms with E-state index in [9.17, 15) is 0 Å². The first-order chi connectivity index (χ1) is 11.8. The molecule has 0 N–H and O–H groups in total. The van der Waals surface area contributed by atoms with Gasteiger partial charge in [-0.2, -0.15) is 0 Å². The first kappa shape index (κ1) is 19.5. The zero-order valence-corrected chi connectivity index (χ0v) is 17.4. The van der Waals surface area contributed by atoms with Crippen LogP contribution in [0.4, 0.5) is 11.4 Å². The van der Waals surface area contributed by atoms with Crippen LogP contribution in [-0.2, 0) is 4.74 Å². The lowest BCUT2D eigenvalue weighted by molar-refractivity contribution is 0.114. The quantitative estimate of drug-likeness (QED) is 0.497. The minimum Gasteiger partial charge on any atom is -0.344 e. The second-order valence-corrected chi connectivity index (χ2v) is 7.89. The molecule has 0 radical (unpaired) electrons. The molecular weight excluding hydrogens is 449 g/mol. The van der Waals surface area contributed by atoms with Crippen LogP contribution in [0.2, 0.25) is 30.1 Å². The second-order valence-electron chi connectivity index (χ2n) is 5.38. The van der Waals surface area contributed by atoms with Crippen molar-refractivity contribution in [2.75, 3.05) is 30.0 Å². The molecule has 134 valence electrons. The third-order valence-electron chi connectivity index (χ3n) is 3.86. The van der Waals surface area contributed by atoms with E-state index in [2.05, 4.69) is 0 Å². The Bertz CT molecular complexity index is 704. The maximum Gasteiger partial charge on any atom is 0.210 e. The molecule has 2 aromatic carbocycles. The summed E-state index contributed by atoms with van der Waals surface area (Å²) >= 11 is 37.4. The topological polar surface area (TPSA) is 15.7 Å². The normalized spacial score (nSPS) is 15.3.